The summed E-state index contributed by atoms with van der Waals surface area (Å²) in [4.78, 5) is 63.0. The van der Waals surface area contributed by atoms with Crippen molar-refractivity contribution in [3.8, 4) is 0 Å². The summed E-state index contributed by atoms with van der Waals surface area (Å²) in [5.41, 5.74) is 1.75. The third kappa shape index (κ3) is 5.99. The molecule has 5 aromatic rings. The van der Waals surface area contributed by atoms with Gasteiger partial charge in [0.15, 0.2) is 0 Å². The Morgan fingerprint density at radius 1 is 1.10 bits per heavy atom. The van der Waals surface area contributed by atoms with Crippen molar-refractivity contribution in [2.45, 2.75) is 53.4 Å². The van der Waals surface area contributed by atoms with Gasteiger partial charge in [0, 0.05) is 24.4 Å². The second-order valence-corrected chi connectivity index (χ2v) is 11.4. The number of hydrogen-bond donors (Lipinski definition) is 2. The number of aromatic nitrogens is 4. The van der Waals surface area contributed by atoms with Crippen molar-refractivity contribution in [1.82, 2.24) is 19.9 Å². The van der Waals surface area contributed by atoms with Gasteiger partial charge in [0.25, 0.3) is 11.1 Å². The van der Waals surface area contributed by atoms with Gasteiger partial charge in [-0.3, -0.25) is 14.4 Å². The molecule has 0 radical (unpaired) electrons. The smallest absolute Gasteiger partial charge is 0.310 e. The third-order valence-electron chi connectivity index (χ3n) is 6.52. The van der Waals surface area contributed by atoms with Gasteiger partial charge in [-0.2, -0.15) is 0 Å². The molecule has 1 aliphatic carbocycles. The Kier molecular flexibility index (Phi) is 8.27. The number of benzene rings is 1. The van der Waals surface area contributed by atoms with E-state index in [4.69, 9.17) is 7.71 Å². The van der Waals surface area contributed by atoms with Crippen molar-refractivity contribution in [2.75, 3.05) is 6.61 Å². The van der Waals surface area contributed by atoms with Crippen LogP contribution in [0.4, 0.5) is 0 Å². The lowest BCUT2D eigenvalue weighted by atomic mass is 9.84. The van der Waals surface area contributed by atoms with Gasteiger partial charge in [-0.1, -0.05) is 13.5 Å². The maximum absolute atomic E-state index is 11.9. The molecule has 0 saturated heterocycles. The number of ketones is 1. The molecule has 0 aliphatic heterocycles. The third-order valence-corrected chi connectivity index (χ3v) is 8.80. The number of nitrogens with zero attached hydrogens (tertiary/aromatic N) is 2. The first-order chi connectivity index (χ1) is 19.3. The molecule has 0 amide bonds. The summed E-state index contributed by atoms with van der Waals surface area (Å²) in [5, 5.41) is 2.16. The van der Waals surface area contributed by atoms with Crippen LogP contribution in [0.3, 0.4) is 0 Å². The predicted molar refractivity (Wildman–Crippen MR) is 158 cm³/mol. The topological polar surface area (TPSA) is 135 Å². The highest BCUT2D eigenvalue weighted by molar-refractivity contribution is 7.25. The Hall–Kier alpha value is -3.70. The van der Waals surface area contributed by atoms with Gasteiger partial charge in [-0.15, -0.1) is 22.7 Å². The monoisotopic (exact) mass is 570 g/mol. The van der Waals surface area contributed by atoms with Crippen molar-refractivity contribution >= 4 is 64.9 Å². The molecule has 4 heterocycles. The largest absolute Gasteiger partial charge is 0.466 e. The number of rotatable bonds is 5. The first kappa shape index (κ1) is 26.9. The molecule has 0 bridgehead atoms. The van der Waals surface area contributed by atoms with E-state index in [0.29, 0.717) is 29.2 Å². The number of ether oxygens (including phenoxy) is 1. The molecule has 1 aliphatic rings. The van der Waals surface area contributed by atoms with Crippen LogP contribution in [-0.4, -0.2) is 38.3 Å². The molecular weight excluding hydrogens is 536 g/mol. The highest BCUT2D eigenvalue weighted by Crippen LogP contribution is 2.36. The van der Waals surface area contributed by atoms with Crippen molar-refractivity contribution in [2.24, 2.45) is 5.92 Å². The summed E-state index contributed by atoms with van der Waals surface area (Å²) in [6.45, 7) is 3.78. The van der Waals surface area contributed by atoms with Crippen LogP contribution >= 0.6 is 22.7 Å². The second-order valence-electron chi connectivity index (χ2n) is 9.26. The van der Waals surface area contributed by atoms with E-state index in [1.165, 1.54) is 28.9 Å². The Morgan fingerprint density at radius 3 is 2.49 bits per heavy atom. The van der Waals surface area contributed by atoms with Gasteiger partial charge in [0.05, 0.1) is 36.5 Å². The molecule has 1 aromatic carbocycles. The van der Waals surface area contributed by atoms with E-state index in [1.54, 1.807) is 25.2 Å². The number of hydrogen-bond acceptors (Lipinski definition) is 9. The molecule has 39 heavy (non-hydrogen) atoms. The molecule has 0 saturated carbocycles. The number of thiophene rings is 2. The van der Waals surface area contributed by atoms with E-state index < -0.39 is 0 Å². The van der Waals surface area contributed by atoms with Crippen molar-refractivity contribution in [3.05, 3.63) is 67.6 Å². The van der Waals surface area contributed by atoms with Gasteiger partial charge in [0.1, 0.15) is 15.4 Å². The fraction of sp³-hybridized carbons (Fsp3) is 0.357. The van der Waals surface area contributed by atoms with E-state index >= 15 is 0 Å². The molecule has 0 fully saturated rings. The Bertz CT molecular complexity index is 1790. The minimum atomic E-state index is -0.265. The van der Waals surface area contributed by atoms with Crippen LogP contribution in [0.1, 0.15) is 53.1 Å². The number of carbonyl (C=O) groups excluding carboxylic acids is 2. The second kappa shape index (κ2) is 12.0. The molecule has 9 nitrogen and oxygen atoms in total. The van der Waals surface area contributed by atoms with Gasteiger partial charge in [0.2, 0.25) is 0 Å². The number of aryl methyl sites for hydroxylation is 1. The molecule has 0 spiro atoms. The highest BCUT2D eigenvalue weighted by atomic mass is 32.1. The molecular formula is C28H32N4O5S2. The van der Waals surface area contributed by atoms with Crippen LogP contribution in [0.25, 0.3) is 30.5 Å². The van der Waals surface area contributed by atoms with Crippen LogP contribution < -0.4 is 11.1 Å². The molecule has 11 heteroatoms. The number of aromatic amines is 2. The lowest BCUT2D eigenvalue weighted by Gasteiger charge is -2.20. The lowest BCUT2D eigenvalue weighted by Crippen LogP contribution is -2.17. The highest BCUT2D eigenvalue weighted by Gasteiger charge is 2.25. The molecule has 2 N–H and O–H groups in total. The maximum atomic E-state index is 11.9. The molecule has 1 atom stereocenters. The van der Waals surface area contributed by atoms with Crippen LogP contribution in [0, 0.1) is 5.92 Å². The summed E-state index contributed by atoms with van der Waals surface area (Å²) >= 11 is 3.09. The van der Waals surface area contributed by atoms with E-state index in [9.17, 15) is 19.2 Å². The van der Waals surface area contributed by atoms with Crippen LogP contribution in [0.5, 0.6) is 0 Å². The number of esters is 1. The maximum Gasteiger partial charge on any atom is 0.310 e. The summed E-state index contributed by atoms with van der Waals surface area (Å²) in [5.74, 6) is 0.348. The Balaban J connectivity index is 0.000000209. The fourth-order valence-electron chi connectivity index (χ4n) is 4.92. The number of carbonyl (C=O) groups is 2. The summed E-state index contributed by atoms with van der Waals surface area (Å²) in [6.07, 6.45) is 6.53. The zero-order valence-corrected chi connectivity index (χ0v) is 22.6. The van der Waals surface area contributed by atoms with Crippen LogP contribution in [-0.2, 0) is 33.6 Å². The molecule has 1 unspecified atom stereocenters. The summed E-state index contributed by atoms with van der Waals surface area (Å²) < 4.78 is 15.9. The SMILES string of the molecule is C.CC(=O)CC1CCc2sc3nc[nH]c(=O)c3c2C1.CCOC(=O)Cc1ccc2sc3nc[nH]c(=O)c3c2c1.[2H][2H]. The van der Waals surface area contributed by atoms with Gasteiger partial charge in [-0.25, -0.2) is 9.97 Å². The average molecular weight is 571 g/mol. The van der Waals surface area contributed by atoms with Gasteiger partial charge < -0.3 is 19.5 Å². The Morgan fingerprint density at radius 2 is 1.79 bits per heavy atom. The lowest BCUT2D eigenvalue weighted by molar-refractivity contribution is -0.142. The molecule has 6 rings (SSSR count). The average Bonchev–Trinajstić information content (AvgIpc) is 3.49. The van der Waals surface area contributed by atoms with Gasteiger partial charge >= 0.3 is 5.97 Å². The number of nitrogens with one attached hydrogen (secondary N) is 2. The van der Waals surface area contributed by atoms with Crippen molar-refractivity contribution in [3.63, 3.8) is 0 Å². The van der Waals surface area contributed by atoms with Crippen molar-refractivity contribution < 1.29 is 17.3 Å². The summed E-state index contributed by atoms with van der Waals surface area (Å²) in [7, 11) is 0. The van der Waals surface area contributed by atoms with Crippen LogP contribution in [0.15, 0.2) is 40.4 Å². The molecule has 4 aromatic heterocycles. The summed E-state index contributed by atoms with van der Waals surface area (Å²) in [6, 6.07) is 5.65. The van der Waals surface area contributed by atoms with E-state index in [1.807, 2.05) is 18.2 Å². The zero-order valence-electron chi connectivity index (χ0n) is 23.0. The number of fused-ring (bicyclic) bond motifs is 6. The zero-order chi connectivity index (χ0) is 28.8. The van der Waals surface area contributed by atoms with Crippen molar-refractivity contribution in [1.29, 1.82) is 0 Å². The fourth-order valence-corrected chi connectivity index (χ4v) is 7.13. The Labute approximate surface area is 235 Å². The molecule has 206 valence electrons. The predicted octanol–water partition coefficient (Wildman–Crippen LogP) is 5.19. The number of Topliss-reactive ketones (excluding diaryl/α,β-unsaturated/α-hetero) is 1. The minimum absolute atomic E-state index is 0. The number of H-pyrrole nitrogens is 2. The van der Waals surface area contributed by atoms with E-state index in [0.717, 1.165) is 50.7 Å². The normalized spacial score (nSPS) is 14.6. The van der Waals surface area contributed by atoms with Crippen LogP contribution in [0.2, 0.25) is 0 Å². The standard InChI is InChI=1S/C14H12N2O3S.C13H14N2O2S.CH4.H2/c1-2-19-11(17)6-8-3-4-10-9(5-8)12-13(18)15-7-16-14(12)20-10;1-7(16)4-8-2-3-10-9(5-8)11-12(17)14-6-15-13(11)18-10;;/h3-5,7H,2,6H2,1H3,(H,15,16,18);6,8H,2-5H2,1H3,(H,14,15,17);1H4;1H/i;;;1+1D. The minimum Gasteiger partial charge on any atom is -0.466 e. The van der Waals surface area contributed by atoms with Gasteiger partial charge in [-0.05, 0) is 62.3 Å². The quantitative estimate of drug-likeness (QED) is 0.278. The first-order valence-electron chi connectivity index (χ1n) is 13.4. The van der Waals surface area contributed by atoms with E-state index in [-0.39, 0.29) is 36.7 Å². The first-order valence-corrected chi connectivity index (χ1v) is 14.0. The van der Waals surface area contributed by atoms with E-state index in [2.05, 4.69) is 19.9 Å².